The summed E-state index contributed by atoms with van der Waals surface area (Å²) in [6, 6.07) is 12.5. The number of anilines is 1. The van der Waals surface area contributed by atoms with Crippen molar-refractivity contribution >= 4 is 17.3 Å². The first-order valence-corrected chi connectivity index (χ1v) is 6.87. The molecule has 106 valence electrons. The first-order chi connectivity index (χ1) is 10.2. The number of aromatic nitrogens is 2. The first kappa shape index (κ1) is 13.6. The van der Waals surface area contributed by atoms with Crippen LogP contribution in [0.25, 0.3) is 11.3 Å². The highest BCUT2D eigenvalue weighted by molar-refractivity contribution is 6.31. The number of benzene rings is 2. The molecule has 1 aromatic heterocycles. The Morgan fingerprint density at radius 3 is 2.62 bits per heavy atom. The van der Waals surface area contributed by atoms with E-state index < -0.39 is 0 Å². The van der Waals surface area contributed by atoms with E-state index in [1.54, 1.807) is 24.7 Å². The minimum absolute atomic E-state index is 0.302. The van der Waals surface area contributed by atoms with E-state index >= 15 is 0 Å². The van der Waals surface area contributed by atoms with Crippen molar-refractivity contribution in [2.75, 3.05) is 5.32 Å². The predicted octanol–water partition coefficient (Wildman–Crippen LogP) is 4.48. The van der Waals surface area contributed by atoms with E-state index in [0.717, 1.165) is 16.9 Å². The second-order valence-electron chi connectivity index (χ2n) is 4.60. The third-order valence-electron chi connectivity index (χ3n) is 3.23. The zero-order valence-corrected chi connectivity index (χ0v) is 11.9. The highest BCUT2D eigenvalue weighted by atomic mass is 35.5. The highest BCUT2D eigenvalue weighted by Gasteiger charge is 2.06. The maximum absolute atomic E-state index is 13.7. The molecule has 21 heavy (non-hydrogen) atoms. The minimum Gasteiger partial charge on any atom is -0.381 e. The molecule has 0 bridgehead atoms. The molecule has 0 aliphatic carbocycles. The molecule has 0 unspecified atom stereocenters. The Kier molecular flexibility index (Phi) is 3.88. The van der Waals surface area contributed by atoms with Crippen LogP contribution in [-0.2, 0) is 6.54 Å². The van der Waals surface area contributed by atoms with Gasteiger partial charge in [0.15, 0.2) is 0 Å². The molecular formula is C16H13ClFN3. The van der Waals surface area contributed by atoms with Gasteiger partial charge in [-0.2, -0.15) is 0 Å². The third kappa shape index (κ3) is 3.06. The summed E-state index contributed by atoms with van der Waals surface area (Å²) in [6.07, 6.45) is 3.41. The standard InChI is InChI=1S/C16H13ClFN3/c17-14-2-1-3-15(18)13(14)8-20-12-6-4-11(5-7-12)16-9-19-10-21-16/h1-7,9-10,20H,8H2,(H,19,21). The van der Waals surface area contributed by atoms with E-state index in [-0.39, 0.29) is 5.82 Å². The number of hydrogen-bond acceptors (Lipinski definition) is 2. The smallest absolute Gasteiger partial charge is 0.129 e. The molecule has 0 saturated heterocycles. The molecule has 0 fully saturated rings. The lowest BCUT2D eigenvalue weighted by molar-refractivity contribution is 0.613. The number of nitrogens with zero attached hydrogens (tertiary/aromatic N) is 1. The van der Waals surface area contributed by atoms with Crippen LogP contribution in [0.15, 0.2) is 55.0 Å². The zero-order chi connectivity index (χ0) is 14.7. The molecular weight excluding hydrogens is 289 g/mol. The van der Waals surface area contributed by atoms with Crippen molar-refractivity contribution in [3.63, 3.8) is 0 Å². The Hall–Kier alpha value is -2.33. The van der Waals surface area contributed by atoms with Gasteiger partial charge < -0.3 is 10.3 Å². The SMILES string of the molecule is Fc1cccc(Cl)c1CNc1ccc(-c2cnc[nH]2)cc1. The van der Waals surface area contributed by atoms with E-state index in [1.165, 1.54) is 6.07 Å². The molecule has 0 radical (unpaired) electrons. The van der Waals surface area contributed by atoms with Crippen LogP contribution in [0.2, 0.25) is 5.02 Å². The molecule has 1 heterocycles. The van der Waals surface area contributed by atoms with Crippen molar-refractivity contribution < 1.29 is 4.39 Å². The van der Waals surface area contributed by atoms with E-state index in [0.29, 0.717) is 17.1 Å². The molecule has 2 aromatic carbocycles. The van der Waals surface area contributed by atoms with Crippen LogP contribution >= 0.6 is 11.6 Å². The van der Waals surface area contributed by atoms with Crippen LogP contribution in [0.4, 0.5) is 10.1 Å². The van der Waals surface area contributed by atoms with Gasteiger partial charge in [0.25, 0.3) is 0 Å². The van der Waals surface area contributed by atoms with E-state index in [1.807, 2.05) is 24.3 Å². The maximum atomic E-state index is 13.7. The number of rotatable bonds is 4. The Labute approximate surface area is 126 Å². The predicted molar refractivity (Wildman–Crippen MR) is 82.8 cm³/mol. The summed E-state index contributed by atoms with van der Waals surface area (Å²) < 4.78 is 13.7. The van der Waals surface area contributed by atoms with Gasteiger partial charge in [-0.3, -0.25) is 0 Å². The summed E-state index contributed by atoms with van der Waals surface area (Å²) in [4.78, 5) is 7.04. The van der Waals surface area contributed by atoms with Crippen molar-refractivity contribution in [3.05, 3.63) is 71.4 Å². The van der Waals surface area contributed by atoms with E-state index in [2.05, 4.69) is 15.3 Å². The summed E-state index contributed by atoms with van der Waals surface area (Å²) in [5.41, 5.74) is 3.37. The molecule has 0 spiro atoms. The molecule has 3 rings (SSSR count). The van der Waals surface area contributed by atoms with Crippen LogP contribution in [0, 0.1) is 5.82 Å². The van der Waals surface area contributed by atoms with Crippen molar-refractivity contribution in [2.45, 2.75) is 6.54 Å². The lowest BCUT2D eigenvalue weighted by Crippen LogP contribution is -2.02. The van der Waals surface area contributed by atoms with Gasteiger partial charge in [0.2, 0.25) is 0 Å². The van der Waals surface area contributed by atoms with Crippen molar-refractivity contribution in [1.82, 2.24) is 9.97 Å². The highest BCUT2D eigenvalue weighted by Crippen LogP contribution is 2.22. The molecule has 0 atom stereocenters. The van der Waals surface area contributed by atoms with Gasteiger partial charge in [-0.15, -0.1) is 0 Å². The number of hydrogen-bond donors (Lipinski definition) is 2. The summed E-state index contributed by atoms with van der Waals surface area (Å²) >= 11 is 6.00. The van der Waals surface area contributed by atoms with E-state index in [9.17, 15) is 4.39 Å². The number of imidazole rings is 1. The van der Waals surface area contributed by atoms with Crippen molar-refractivity contribution in [3.8, 4) is 11.3 Å². The van der Waals surface area contributed by atoms with Gasteiger partial charge in [0.1, 0.15) is 5.82 Å². The van der Waals surface area contributed by atoms with Crippen molar-refractivity contribution in [2.24, 2.45) is 0 Å². The second kappa shape index (κ2) is 5.97. The summed E-state index contributed by atoms with van der Waals surface area (Å²) in [5.74, 6) is -0.302. The summed E-state index contributed by atoms with van der Waals surface area (Å²) in [5, 5.41) is 3.59. The average molecular weight is 302 g/mol. The van der Waals surface area contributed by atoms with Gasteiger partial charge in [-0.05, 0) is 29.8 Å². The van der Waals surface area contributed by atoms with Gasteiger partial charge in [0.05, 0.1) is 18.2 Å². The fourth-order valence-corrected chi connectivity index (χ4v) is 2.30. The molecule has 2 N–H and O–H groups in total. The van der Waals surface area contributed by atoms with Gasteiger partial charge in [0, 0.05) is 22.8 Å². The first-order valence-electron chi connectivity index (χ1n) is 6.49. The number of aromatic amines is 1. The van der Waals surface area contributed by atoms with Gasteiger partial charge in [-0.25, -0.2) is 9.37 Å². The molecule has 0 saturated carbocycles. The van der Waals surface area contributed by atoms with Gasteiger partial charge in [-0.1, -0.05) is 29.8 Å². The fourth-order valence-electron chi connectivity index (χ4n) is 2.07. The number of H-pyrrole nitrogens is 1. The molecule has 3 aromatic rings. The largest absolute Gasteiger partial charge is 0.381 e. The topological polar surface area (TPSA) is 40.7 Å². The quantitative estimate of drug-likeness (QED) is 0.746. The van der Waals surface area contributed by atoms with Crippen LogP contribution in [0.1, 0.15) is 5.56 Å². The molecule has 0 aliphatic rings. The Bertz CT molecular complexity index is 704. The normalized spacial score (nSPS) is 10.6. The van der Waals surface area contributed by atoms with Crippen LogP contribution < -0.4 is 5.32 Å². The number of halogens is 2. The van der Waals surface area contributed by atoms with Crippen LogP contribution in [0.5, 0.6) is 0 Å². The maximum Gasteiger partial charge on any atom is 0.129 e. The summed E-state index contributed by atoms with van der Waals surface area (Å²) in [6.45, 7) is 0.342. The fraction of sp³-hybridized carbons (Fsp3) is 0.0625. The Morgan fingerprint density at radius 1 is 1.14 bits per heavy atom. The molecule has 0 aliphatic heterocycles. The van der Waals surface area contributed by atoms with Gasteiger partial charge >= 0.3 is 0 Å². The minimum atomic E-state index is -0.302. The lowest BCUT2D eigenvalue weighted by atomic mass is 10.1. The Balaban J connectivity index is 1.71. The molecule has 5 heteroatoms. The van der Waals surface area contributed by atoms with E-state index in [4.69, 9.17) is 11.6 Å². The summed E-state index contributed by atoms with van der Waals surface area (Å²) in [7, 11) is 0. The monoisotopic (exact) mass is 301 g/mol. The van der Waals surface area contributed by atoms with Crippen molar-refractivity contribution in [1.29, 1.82) is 0 Å². The second-order valence-corrected chi connectivity index (χ2v) is 5.00. The average Bonchev–Trinajstić information content (AvgIpc) is 3.02. The zero-order valence-electron chi connectivity index (χ0n) is 11.1. The molecule has 0 amide bonds. The van der Waals surface area contributed by atoms with Crippen LogP contribution in [-0.4, -0.2) is 9.97 Å². The molecule has 3 nitrogen and oxygen atoms in total. The third-order valence-corrected chi connectivity index (χ3v) is 3.58. The Morgan fingerprint density at radius 2 is 1.95 bits per heavy atom. The number of nitrogens with one attached hydrogen (secondary N) is 2. The van der Waals surface area contributed by atoms with Crippen LogP contribution in [0.3, 0.4) is 0 Å². The lowest BCUT2D eigenvalue weighted by Gasteiger charge is -2.09.